The van der Waals surface area contributed by atoms with Crippen molar-refractivity contribution in [2.24, 2.45) is 0 Å². The van der Waals surface area contributed by atoms with Crippen LogP contribution >= 0.6 is 0 Å². The standard InChI is InChI=1S/C22H26N2O4/c1-3-14-23-21(26)16(2)28-20(25)15-19(17-10-6-4-7-11-17)24-22(27)18-12-8-5-9-13-18/h4-13,16,19H,3,14-15H2,1-2H3,(H,23,26)(H,24,27). The maximum atomic E-state index is 12.5. The van der Waals surface area contributed by atoms with Crippen LogP contribution in [0.15, 0.2) is 60.7 Å². The molecule has 0 spiro atoms. The Morgan fingerprint density at radius 3 is 2.18 bits per heavy atom. The largest absolute Gasteiger partial charge is 0.452 e. The second-order valence-corrected chi connectivity index (χ2v) is 6.43. The van der Waals surface area contributed by atoms with Crippen LogP contribution in [0.1, 0.15) is 48.7 Å². The molecule has 148 valence electrons. The Hall–Kier alpha value is -3.15. The lowest BCUT2D eigenvalue weighted by Crippen LogP contribution is -2.37. The molecule has 0 aliphatic carbocycles. The van der Waals surface area contributed by atoms with Gasteiger partial charge < -0.3 is 15.4 Å². The van der Waals surface area contributed by atoms with Crippen LogP contribution in [0, 0.1) is 0 Å². The van der Waals surface area contributed by atoms with Crippen molar-refractivity contribution in [1.82, 2.24) is 10.6 Å². The molecule has 2 rings (SSSR count). The number of rotatable bonds is 9. The quantitative estimate of drug-likeness (QED) is 0.653. The smallest absolute Gasteiger partial charge is 0.309 e. The minimum absolute atomic E-state index is 0.0754. The number of benzene rings is 2. The number of hydrogen-bond donors (Lipinski definition) is 2. The molecule has 6 heteroatoms. The van der Waals surface area contributed by atoms with E-state index in [2.05, 4.69) is 10.6 Å². The third kappa shape index (κ3) is 6.54. The summed E-state index contributed by atoms with van der Waals surface area (Å²) < 4.78 is 5.25. The summed E-state index contributed by atoms with van der Waals surface area (Å²) in [5, 5.41) is 5.57. The predicted molar refractivity (Wildman–Crippen MR) is 107 cm³/mol. The van der Waals surface area contributed by atoms with Crippen LogP contribution in [0.5, 0.6) is 0 Å². The van der Waals surface area contributed by atoms with E-state index < -0.39 is 18.1 Å². The van der Waals surface area contributed by atoms with Crippen molar-refractivity contribution in [2.45, 2.75) is 38.8 Å². The fraction of sp³-hybridized carbons (Fsp3) is 0.318. The average Bonchev–Trinajstić information content (AvgIpc) is 2.72. The van der Waals surface area contributed by atoms with Crippen LogP contribution < -0.4 is 10.6 Å². The molecule has 2 aromatic carbocycles. The van der Waals surface area contributed by atoms with Gasteiger partial charge in [-0.25, -0.2) is 0 Å². The maximum absolute atomic E-state index is 12.5. The summed E-state index contributed by atoms with van der Waals surface area (Å²) in [5.74, 6) is -1.17. The molecule has 28 heavy (non-hydrogen) atoms. The van der Waals surface area contributed by atoms with Crippen LogP contribution in [0.3, 0.4) is 0 Å². The van der Waals surface area contributed by atoms with Gasteiger partial charge >= 0.3 is 5.97 Å². The highest BCUT2D eigenvalue weighted by Gasteiger charge is 2.23. The molecule has 2 N–H and O–H groups in total. The SMILES string of the molecule is CCCNC(=O)C(C)OC(=O)CC(NC(=O)c1ccccc1)c1ccccc1. The predicted octanol–water partition coefficient (Wildman–Crippen LogP) is 3.01. The zero-order valence-electron chi connectivity index (χ0n) is 16.2. The minimum atomic E-state index is -0.889. The molecule has 0 aliphatic heterocycles. The first-order valence-electron chi connectivity index (χ1n) is 9.39. The Morgan fingerprint density at radius 2 is 1.57 bits per heavy atom. The Labute approximate surface area is 165 Å². The van der Waals surface area contributed by atoms with Gasteiger partial charge in [-0.1, -0.05) is 55.5 Å². The van der Waals surface area contributed by atoms with Crippen LogP contribution in [-0.2, 0) is 14.3 Å². The van der Waals surface area contributed by atoms with Crippen LogP contribution in [0.4, 0.5) is 0 Å². The highest BCUT2D eigenvalue weighted by Crippen LogP contribution is 2.18. The second kappa shape index (κ2) is 10.9. The topological polar surface area (TPSA) is 84.5 Å². The van der Waals surface area contributed by atoms with Gasteiger partial charge in [0.1, 0.15) is 0 Å². The van der Waals surface area contributed by atoms with Crippen molar-refractivity contribution >= 4 is 17.8 Å². The molecule has 0 aliphatic rings. The van der Waals surface area contributed by atoms with Gasteiger partial charge in [-0.3, -0.25) is 14.4 Å². The summed E-state index contributed by atoms with van der Waals surface area (Å²) in [7, 11) is 0. The number of esters is 1. The van der Waals surface area contributed by atoms with Gasteiger partial charge in [0, 0.05) is 12.1 Å². The Kier molecular flexibility index (Phi) is 8.21. The molecule has 0 aromatic heterocycles. The molecule has 6 nitrogen and oxygen atoms in total. The summed E-state index contributed by atoms with van der Waals surface area (Å²) in [6.45, 7) is 4.00. The van der Waals surface area contributed by atoms with E-state index >= 15 is 0 Å². The Balaban J connectivity index is 2.05. The molecule has 0 saturated carbocycles. The molecule has 2 atom stereocenters. The number of hydrogen-bond acceptors (Lipinski definition) is 4. The second-order valence-electron chi connectivity index (χ2n) is 6.43. The van der Waals surface area contributed by atoms with Gasteiger partial charge in [-0.2, -0.15) is 0 Å². The van der Waals surface area contributed by atoms with Crippen molar-refractivity contribution in [3.05, 3.63) is 71.8 Å². The summed E-state index contributed by atoms with van der Waals surface area (Å²) in [6.07, 6.45) is -0.164. The lowest BCUT2D eigenvalue weighted by Gasteiger charge is -2.20. The normalized spacial score (nSPS) is 12.5. The fourth-order valence-corrected chi connectivity index (χ4v) is 2.63. The Morgan fingerprint density at radius 1 is 0.964 bits per heavy atom. The van der Waals surface area contributed by atoms with Crippen molar-refractivity contribution < 1.29 is 19.1 Å². The lowest BCUT2D eigenvalue weighted by molar-refractivity contribution is -0.155. The third-order valence-electron chi connectivity index (χ3n) is 4.14. The van der Waals surface area contributed by atoms with E-state index in [9.17, 15) is 14.4 Å². The van der Waals surface area contributed by atoms with Gasteiger partial charge in [0.25, 0.3) is 11.8 Å². The molecular formula is C22H26N2O4. The number of carbonyl (C=O) groups excluding carboxylic acids is 3. The fourth-order valence-electron chi connectivity index (χ4n) is 2.63. The number of ether oxygens (including phenoxy) is 1. The molecule has 0 bridgehead atoms. The monoisotopic (exact) mass is 382 g/mol. The molecular weight excluding hydrogens is 356 g/mol. The van der Waals surface area contributed by atoms with E-state index in [1.54, 1.807) is 24.3 Å². The van der Waals surface area contributed by atoms with E-state index in [0.717, 1.165) is 12.0 Å². The highest BCUT2D eigenvalue weighted by atomic mass is 16.5. The van der Waals surface area contributed by atoms with Crippen molar-refractivity contribution in [2.75, 3.05) is 6.54 Å². The first kappa shape index (κ1) is 21.2. The summed E-state index contributed by atoms with van der Waals surface area (Å²) in [6, 6.07) is 17.4. The summed E-state index contributed by atoms with van der Waals surface area (Å²) in [5.41, 5.74) is 1.29. The van der Waals surface area contributed by atoms with E-state index in [0.29, 0.717) is 12.1 Å². The van der Waals surface area contributed by atoms with Crippen LogP contribution in [0.2, 0.25) is 0 Å². The first-order chi connectivity index (χ1) is 13.5. The lowest BCUT2D eigenvalue weighted by atomic mass is 10.0. The van der Waals surface area contributed by atoms with Gasteiger partial charge in [0.2, 0.25) is 0 Å². The third-order valence-corrected chi connectivity index (χ3v) is 4.14. The van der Waals surface area contributed by atoms with E-state index in [1.807, 2.05) is 43.3 Å². The van der Waals surface area contributed by atoms with E-state index in [4.69, 9.17) is 4.74 Å². The van der Waals surface area contributed by atoms with E-state index in [1.165, 1.54) is 6.92 Å². The molecule has 2 amide bonds. The number of nitrogens with one attached hydrogen (secondary N) is 2. The van der Waals surface area contributed by atoms with Crippen molar-refractivity contribution in [1.29, 1.82) is 0 Å². The minimum Gasteiger partial charge on any atom is -0.452 e. The number of amides is 2. The molecule has 0 saturated heterocycles. The summed E-state index contributed by atoms with van der Waals surface area (Å²) in [4.78, 5) is 36.8. The molecule has 2 unspecified atom stereocenters. The zero-order valence-corrected chi connectivity index (χ0v) is 16.2. The van der Waals surface area contributed by atoms with Crippen LogP contribution in [0.25, 0.3) is 0 Å². The molecule has 0 heterocycles. The first-order valence-corrected chi connectivity index (χ1v) is 9.39. The van der Waals surface area contributed by atoms with Crippen molar-refractivity contribution in [3.63, 3.8) is 0 Å². The average molecular weight is 382 g/mol. The molecule has 2 aromatic rings. The zero-order chi connectivity index (χ0) is 20.4. The van der Waals surface area contributed by atoms with Gasteiger partial charge in [-0.15, -0.1) is 0 Å². The Bertz CT molecular complexity index is 778. The van der Waals surface area contributed by atoms with Crippen LogP contribution in [-0.4, -0.2) is 30.4 Å². The molecule has 0 radical (unpaired) electrons. The van der Waals surface area contributed by atoms with Gasteiger partial charge in [0.15, 0.2) is 6.10 Å². The maximum Gasteiger partial charge on any atom is 0.309 e. The number of carbonyl (C=O) groups is 3. The summed E-state index contributed by atoms with van der Waals surface area (Å²) >= 11 is 0. The van der Waals surface area contributed by atoms with E-state index in [-0.39, 0.29) is 18.2 Å². The highest BCUT2D eigenvalue weighted by molar-refractivity contribution is 5.94. The van der Waals surface area contributed by atoms with Gasteiger partial charge in [-0.05, 0) is 31.0 Å². The van der Waals surface area contributed by atoms with Gasteiger partial charge in [0.05, 0.1) is 12.5 Å². The van der Waals surface area contributed by atoms with Crippen molar-refractivity contribution in [3.8, 4) is 0 Å². The molecule has 0 fully saturated rings.